The molecule has 1 fully saturated rings. The molecule has 2 rings (SSSR count). The average molecular weight is 232 g/mol. The first-order chi connectivity index (χ1) is 8.15. The first-order valence-corrected chi connectivity index (χ1v) is 6.26. The zero-order valence-electron chi connectivity index (χ0n) is 10.4. The highest BCUT2D eigenvalue weighted by molar-refractivity contribution is 5.92. The number of benzene rings is 1. The highest BCUT2D eigenvalue weighted by Gasteiger charge is 2.16. The molecule has 1 atom stereocenters. The number of hydrogen-bond donors (Lipinski definition) is 1. The number of hydrogen-bond acceptors (Lipinski definition) is 2. The summed E-state index contributed by atoms with van der Waals surface area (Å²) < 4.78 is 0. The van der Waals surface area contributed by atoms with E-state index in [1.54, 1.807) is 0 Å². The molecule has 2 N–H and O–H groups in total. The summed E-state index contributed by atoms with van der Waals surface area (Å²) in [6.45, 7) is 5.64. The molecule has 0 aliphatic carbocycles. The van der Waals surface area contributed by atoms with Crippen LogP contribution >= 0.6 is 0 Å². The second kappa shape index (κ2) is 5.32. The van der Waals surface area contributed by atoms with Crippen molar-refractivity contribution in [2.75, 3.05) is 13.1 Å². The predicted molar refractivity (Wildman–Crippen MR) is 68.6 cm³/mol. The first-order valence-electron chi connectivity index (χ1n) is 6.26. The molecule has 3 nitrogen and oxygen atoms in total. The summed E-state index contributed by atoms with van der Waals surface area (Å²) in [4.78, 5) is 13.4. The summed E-state index contributed by atoms with van der Waals surface area (Å²) in [6.07, 6.45) is 2.64. The van der Waals surface area contributed by atoms with Crippen LogP contribution in [-0.2, 0) is 6.54 Å². The third-order valence-electron chi connectivity index (χ3n) is 3.39. The van der Waals surface area contributed by atoms with E-state index in [0.717, 1.165) is 12.5 Å². The maximum atomic E-state index is 11.0. The van der Waals surface area contributed by atoms with Gasteiger partial charge in [-0.05, 0) is 43.0 Å². The molecule has 1 saturated heterocycles. The highest BCUT2D eigenvalue weighted by Crippen LogP contribution is 2.17. The van der Waals surface area contributed by atoms with Crippen LogP contribution in [0.15, 0.2) is 24.3 Å². The maximum Gasteiger partial charge on any atom is 0.248 e. The minimum absolute atomic E-state index is 0.358. The second-order valence-corrected chi connectivity index (χ2v) is 5.04. The van der Waals surface area contributed by atoms with E-state index in [2.05, 4.69) is 11.8 Å². The summed E-state index contributed by atoms with van der Waals surface area (Å²) in [5, 5.41) is 0. The maximum absolute atomic E-state index is 11.0. The SMILES string of the molecule is C[C@H]1CCCN(Cc2ccc(C(N)=O)cc2)C1. The van der Waals surface area contributed by atoms with Gasteiger partial charge in [0.1, 0.15) is 0 Å². The first kappa shape index (κ1) is 12.1. The topological polar surface area (TPSA) is 46.3 Å². The Labute approximate surface area is 103 Å². The Morgan fingerprint density at radius 1 is 1.41 bits per heavy atom. The molecule has 0 aromatic heterocycles. The smallest absolute Gasteiger partial charge is 0.248 e. The molecule has 1 aliphatic rings. The van der Waals surface area contributed by atoms with Gasteiger partial charge in [-0.15, -0.1) is 0 Å². The van der Waals surface area contributed by atoms with E-state index in [1.165, 1.54) is 31.5 Å². The standard InChI is InChI=1S/C14H20N2O/c1-11-3-2-8-16(9-11)10-12-4-6-13(7-5-12)14(15)17/h4-7,11H,2-3,8-10H2,1H3,(H2,15,17)/t11-/m0/s1. The third kappa shape index (κ3) is 3.30. The molecule has 1 aliphatic heterocycles. The molecular formula is C14H20N2O. The van der Waals surface area contributed by atoms with E-state index in [9.17, 15) is 4.79 Å². The van der Waals surface area contributed by atoms with Crippen molar-refractivity contribution in [3.05, 3.63) is 35.4 Å². The lowest BCUT2D eigenvalue weighted by molar-refractivity contribution is 0.100. The lowest BCUT2D eigenvalue weighted by atomic mass is 9.99. The quantitative estimate of drug-likeness (QED) is 0.866. The lowest BCUT2D eigenvalue weighted by Crippen LogP contribution is -2.33. The molecule has 3 heteroatoms. The van der Waals surface area contributed by atoms with Gasteiger partial charge in [0, 0.05) is 18.7 Å². The molecule has 1 aromatic rings. The number of nitrogens with zero attached hydrogens (tertiary/aromatic N) is 1. The monoisotopic (exact) mass is 232 g/mol. The molecule has 17 heavy (non-hydrogen) atoms. The van der Waals surface area contributed by atoms with E-state index < -0.39 is 0 Å². The van der Waals surface area contributed by atoms with Crippen LogP contribution in [0, 0.1) is 5.92 Å². The fourth-order valence-electron chi connectivity index (χ4n) is 2.46. The minimum atomic E-state index is -0.358. The Balaban J connectivity index is 1.96. The minimum Gasteiger partial charge on any atom is -0.366 e. The molecule has 1 heterocycles. The summed E-state index contributed by atoms with van der Waals surface area (Å²) in [6, 6.07) is 7.62. The number of primary amides is 1. The van der Waals surface area contributed by atoms with Crippen LogP contribution in [0.1, 0.15) is 35.7 Å². The van der Waals surface area contributed by atoms with Crippen LogP contribution < -0.4 is 5.73 Å². The van der Waals surface area contributed by atoms with Crippen molar-refractivity contribution in [3.8, 4) is 0 Å². The fraction of sp³-hybridized carbons (Fsp3) is 0.500. The van der Waals surface area contributed by atoms with Crippen molar-refractivity contribution in [2.45, 2.75) is 26.3 Å². The van der Waals surface area contributed by atoms with Crippen LogP contribution in [0.3, 0.4) is 0 Å². The number of carbonyl (C=O) groups excluding carboxylic acids is 1. The van der Waals surface area contributed by atoms with E-state index >= 15 is 0 Å². The Morgan fingerprint density at radius 3 is 2.71 bits per heavy atom. The van der Waals surface area contributed by atoms with E-state index in [0.29, 0.717) is 5.56 Å². The zero-order valence-corrected chi connectivity index (χ0v) is 10.4. The summed E-state index contributed by atoms with van der Waals surface area (Å²) in [5.74, 6) is 0.441. The van der Waals surface area contributed by atoms with Crippen molar-refractivity contribution in [1.82, 2.24) is 4.90 Å². The number of rotatable bonds is 3. The Morgan fingerprint density at radius 2 is 2.12 bits per heavy atom. The van der Waals surface area contributed by atoms with E-state index in [4.69, 9.17) is 5.73 Å². The Hall–Kier alpha value is -1.35. The highest BCUT2D eigenvalue weighted by atomic mass is 16.1. The van der Waals surface area contributed by atoms with E-state index in [-0.39, 0.29) is 5.91 Å². The van der Waals surface area contributed by atoms with Crippen molar-refractivity contribution in [2.24, 2.45) is 11.7 Å². The molecule has 92 valence electrons. The van der Waals surface area contributed by atoms with Gasteiger partial charge in [0.15, 0.2) is 0 Å². The van der Waals surface area contributed by atoms with Gasteiger partial charge in [-0.3, -0.25) is 9.69 Å². The van der Waals surface area contributed by atoms with E-state index in [1.807, 2.05) is 24.3 Å². The number of carbonyl (C=O) groups is 1. The number of likely N-dealkylation sites (tertiary alicyclic amines) is 1. The normalized spacial score (nSPS) is 21.4. The Kier molecular flexibility index (Phi) is 3.79. The second-order valence-electron chi connectivity index (χ2n) is 5.04. The molecule has 0 bridgehead atoms. The van der Waals surface area contributed by atoms with Gasteiger partial charge >= 0.3 is 0 Å². The van der Waals surface area contributed by atoms with Crippen molar-refractivity contribution in [1.29, 1.82) is 0 Å². The molecule has 1 amide bonds. The predicted octanol–water partition coefficient (Wildman–Crippen LogP) is 2.02. The van der Waals surface area contributed by atoms with Gasteiger partial charge in [-0.25, -0.2) is 0 Å². The van der Waals surface area contributed by atoms with Crippen LogP contribution in [0.5, 0.6) is 0 Å². The average Bonchev–Trinajstić information content (AvgIpc) is 2.29. The lowest BCUT2D eigenvalue weighted by Gasteiger charge is -2.30. The van der Waals surface area contributed by atoms with Crippen LogP contribution in [0.4, 0.5) is 0 Å². The third-order valence-corrected chi connectivity index (χ3v) is 3.39. The fourth-order valence-corrected chi connectivity index (χ4v) is 2.46. The molecule has 0 spiro atoms. The number of piperidine rings is 1. The van der Waals surface area contributed by atoms with Gasteiger partial charge in [0.2, 0.25) is 5.91 Å². The number of amides is 1. The van der Waals surface area contributed by atoms with Crippen molar-refractivity contribution >= 4 is 5.91 Å². The summed E-state index contributed by atoms with van der Waals surface area (Å²) in [7, 11) is 0. The van der Waals surface area contributed by atoms with Crippen LogP contribution in [-0.4, -0.2) is 23.9 Å². The summed E-state index contributed by atoms with van der Waals surface area (Å²) >= 11 is 0. The van der Waals surface area contributed by atoms with Gasteiger partial charge in [0.05, 0.1) is 0 Å². The van der Waals surface area contributed by atoms with Gasteiger partial charge in [0.25, 0.3) is 0 Å². The summed E-state index contributed by atoms with van der Waals surface area (Å²) in [5.41, 5.74) is 7.05. The molecule has 0 radical (unpaired) electrons. The van der Waals surface area contributed by atoms with Crippen molar-refractivity contribution in [3.63, 3.8) is 0 Å². The molecule has 1 aromatic carbocycles. The van der Waals surface area contributed by atoms with Gasteiger partial charge in [-0.1, -0.05) is 19.1 Å². The largest absolute Gasteiger partial charge is 0.366 e. The molecular weight excluding hydrogens is 212 g/mol. The van der Waals surface area contributed by atoms with Gasteiger partial charge < -0.3 is 5.73 Å². The number of nitrogens with two attached hydrogens (primary N) is 1. The Bertz CT molecular complexity index is 386. The zero-order chi connectivity index (χ0) is 12.3. The van der Waals surface area contributed by atoms with Gasteiger partial charge in [-0.2, -0.15) is 0 Å². The van der Waals surface area contributed by atoms with Crippen molar-refractivity contribution < 1.29 is 4.79 Å². The van der Waals surface area contributed by atoms with Crippen LogP contribution in [0.25, 0.3) is 0 Å². The molecule has 0 saturated carbocycles. The molecule has 0 unspecified atom stereocenters. The van der Waals surface area contributed by atoms with Crippen LogP contribution in [0.2, 0.25) is 0 Å².